The van der Waals surface area contributed by atoms with Crippen LogP contribution in [0.4, 0.5) is 5.69 Å². The van der Waals surface area contributed by atoms with E-state index in [-0.39, 0.29) is 11.8 Å². The number of ether oxygens (including phenoxy) is 1. The maximum Gasteiger partial charge on any atom is 0.278 e. The molecule has 1 aliphatic heterocycles. The van der Waals surface area contributed by atoms with Crippen molar-refractivity contribution < 1.29 is 14.3 Å². The summed E-state index contributed by atoms with van der Waals surface area (Å²) in [5, 5.41) is 0. The van der Waals surface area contributed by atoms with Gasteiger partial charge in [-0.05, 0) is 31.5 Å². The van der Waals surface area contributed by atoms with E-state index >= 15 is 0 Å². The Morgan fingerprint density at radius 2 is 1.59 bits per heavy atom. The van der Waals surface area contributed by atoms with Gasteiger partial charge in [0.05, 0.1) is 12.7 Å². The fraction of sp³-hybridized carbons (Fsp3) is 0.333. The molecule has 3 rings (SSSR count). The summed E-state index contributed by atoms with van der Waals surface area (Å²) in [5.74, 6) is 0.0957. The minimum atomic E-state index is -0.250. The highest BCUT2D eigenvalue weighted by molar-refractivity contribution is 6.37. The zero-order valence-corrected chi connectivity index (χ0v) is 17.4. The molecule has 0 bridgehead atoms. The van der Waals surface area contributed by atoms with Crippen molar-refractivity contribution in [2.45, 2.75) is 33.1 Å². The fourth-order valence-electron chi connectivity index (χ4n) is 3.71. The Bertz CT molecular complexity index is 905. The molecule has 0 spiro atoms. The number of methoxy groups -OCH3 is 1. The van der Waals surface area contributed by atoms with Crippen LogP contribution in [0.1, 0.15) is 38.7 Å². The van der Waals surface area contributed by atoms with Crippen LogP contribution in [0.5, 0.6) is 5.75 Å². The van der Waals surface area contributed by atoms with E-state index in [2.05, 4.69) is 6.92 Å². The zero-order valence-electron chi connectivity index (χ0n) is 17.4. The lowest BCUT2D eigenvalue weighted by molar-refractivity contribution is -0.137. The van der Waals surface area contributed by atoms with Crippen LogP contribution >= 0.6 is 0 Å². The van der Waals surface area contributed by atoms with Crippen molar-refractivity contribution >= 4 is 23.1 Å². The molecule has 0 radical (unpaired) electrons. The van der Waals surface area contributed by atoms with Crippen molar-refractivity contribution in [3.63, 3.8) is 0 Å². The molecular weight excluding hydrogens is 364 g/mol. The summed E-state index contributed by atoms with van der Waals surface area (Å²) in [5.41, 5.74) is 2.36. The average molecular weight is 392 g/mol. The minimum Gasteiger partial charge on any atom is -0.496 e. The molecule has 0 fully saturated rings. The summed E-state index contributed by atoms with van der Waals surface area (Å²) in [6.07, 6.45) is 2.81. The summed E-state index contributed by atoms with van der Waals surface area (Å²) in [6.45, 7) is 5.09. The molecule has 1 heterocycles. The van der Waals surface area contributed by atoms with E-state index in [0.29, 0.717) is 35.7 Å². The molecule has 0 aromatic heterocycles. The highest BCUT2D eigenvalue weighted by atomic mass is 16.5. The fourth-order valence-corrected chi connectivity index (χ4v) is 3.71. The highest BCUT2D eigenvalue weighted by Crippen LogP contribution is 2.37. The third kappa shape index (κ3) is 4.04. The average Bonchev–Trinajstić information content (AvgIpc) is 3.00. The van der Waals surface area contributed by atoms with Crippen molar-refractivity contribution in [1.82, 2.24) is 4.90 Å². The first-order valence-electron chi connectivity index (χ1n) is 10.2. The number of carbonyl (C=O) groups is 2. The Kier molecular flexibility index (Phi) is 6.70. The molecule has 5 nitrogen and oxygen atoms in total. The number of imide groups is 1. The van der Waals surface area contributed by atoms with Gasteiger partial charge in [-0.3, -0.25) is 14.5 Å². The Labute approximate surface area is 172 Å². The van der Waals surface area contributed by atoms with Crippen LogP contribution in [0.3, 0.4) is 0 Å². The predicted molar refractivity (Wildman–Crippen MR) is 116 cm³/mol. The summed E-state index contributed by atoms with van der Waals surface area (Å²) in [6, 6.07) is 17.1. The number of carbonyl (C=O) groups excluding carboxylic acids is 2. The first-order valence-corrected chi connectivity index (χ1v) is 10.2. The summed E-state index contributed by atoms with van der Waals surface area (Å²) >= 11 is 0. The zero-order chi connectivity index (χ0) is 20.8. The number of anilines is 1. The second kappa shape index (κ2) is 9.41. The third-order valence-corrected chi connectivity index (χ3v) is 5.16. The Morgan fingerprint density at radius 1 is 0.897 bits per heavy atom. The van der Waals surface area contributed by atoms with Gasteiger partial charge >= 0.3 is 0 Å². The van der Waals surface area contributed by atoms with Gasteiger partial charge in [-0.25, -0.2) is 0 Å². The number of hydrogen-bond donors (Lipinski definition) is 0. The quantitative estimate of drug-likeness (QED) is 0.466. The topological polar surface area (TPSA) is 49.9 Å². The molecule has 152 valence electrons. The van der Waals surface area contributed by atoms with Gasteiger partial charge in [0, 0.05) is 24.3 Å². The van der Waals surface area contributed by atoms with Crippen LogP contribution in [0.15, 0.2) is 60.3 Å². The highest BCUT2D eigenvalue weighted by Gasteiger charge is 2.42. The van der Waals surface area contributed by atoms with E-state index in [1.54, 1.807) is 7.11 Å². The smallest absolute Gasteiger partial charge is 0.278 e. The number of amides is 2. The van der Waals surface area contributed by atoms with Gasteiger partial charge in [0.2, 0.25) is 0 Å². The number of para-hydroxylation sites is 2. The molecule has 5 heteroatoms. The molecule has 29 heavy (non-hydrogen) atoms. The largest absolute Gasteiger partial charge is 0.496 e. The van der Waals surface area contributed by atoms with Crippen molar-refractivity contribution in [2.75, 3.05) is 25.1 Å². The van der Waals surface area contributed by atoms with Gasteiger partial charge in [0.15, 0.2) is 0 Å². The molecule has 0 N–H and O–H groups in total. The minimum absolute atomic E-state index is 0.238. The lowest BCUT2D eigenvalue weighted by Gasteiger charge is -2.25. The van der Waals surface area contributed by atoms with Crippen LogP contribution in [0, 0.1) is 0 Å². The van der Waals surface area contributed by atoms with Crippen molar-refractivity contribution in [1.29, 1.82) is 0 Å². The Hall–Kier alpha value is -3.08. The van der Waals surface area contributed by atoms with Crippen LogP contribution in [-0.4, -0.2) is 36.9 Å². The first-order chi connectivity index (χ1) is 14.1. The molecular formula is C24H28N2O3. The number of unbranched alkanes of at least 4 members (excludes halogenated alkanes) is 2. The predicted octanol–water partition coefficient (Wildman–Crippen LogP) is 4.49. The second-order valence-corrected chi connectivity index (χ2v) is 6.97. The first kappa shape index (κ1) is 20.6. The molecule has 2 amide bonds. The van der Waals surface area contributed by atoms with Gasteiger partial charge in [-0.2, -0.15) is 0 Å². The Morgan fingerprint density at radius 3 is 2.24 bits per heavy atom. The summed E-state index contributed by atoms with van der Waals surface area (Å²) < 4.78 is 5.51. The lowest BCUT2D eigenvalue weighted by Crippen LogP contribution is -2.36. The van der Waals surface area contributed by atoms with Gasteiger partial charge in [0.1, 0.15) is 11.4 Å². The van der Waals surface area contributed by atoms with E-state index in [1.165, 1.54) is 4.90 Å². The molecule has 0 unspecified atom stereocenters. The van der Waals surface area contributed by atoms with E-state index in [1.807, 2.05) is 66.4 Å². The van der Waals surface area contributed by atoms with Gasteiger partial charge < -0.3 is 9.64 Å². The third-order valence-electron chi connectivity index (χ3n) is 5.16. The van der Waals surface area contributed by atoms with E-state index in [0.717, 1.165) is 24.9 Å². The lowest BCUT2D eigenvalue weighted by atomic mass is 10.0. The molecule has 2 aromatic carbocycles. The molecule has 0 saturated carbocycles. The van der Waals surface area contributed by atoms with Crippen molar-refractivity contribution in [2.24, 2.45) is 0 Å². The SMILES string of the molecule is CCCCCN1C(=O)C(c2ccccc2OC)=C(N(CC)c2ccccc2)C1=O. The maximum absolute atomic E-state index is 13.4. The maximum atomic E-state index is 13.4. The van der Waals surface area contributed by atoms with Gasteiger partial charge in [-0.15, -0.1) is 0 Å². The standard InChI is InChI=1S/C24H28N2O3/c1-4-6-12-17-26-23(27)21(19-15-10-11-16-20(19)29-3)22(24(26)28)25(5-2)18-13-8-7-9-14-18/h7-11,13-16H,4-6,12,17H2,1-3H3. The van der Waals surface area contributed by atoms with Crippen LogP contribution < -0.4 is 9.64 Å². The number of rotatable bonds is 9. The normalized spacial score (nSPS) is 14.0. The summed E-state index contributed by atoms with van der Waals surface area (Å²) in [7, 11) is 1.58. The molecule has 2 aromatic rings. The molecule has 0 aliphatic carbocycles. The number of hydrogen-bond acceptors (Lipinski definition) is 4. The monoisotopic (exact) mass is 392 g/mol. The number of benzene rings is 2. The number of nitrogens with zero attached hydrogens (tertiary/aromatic N) is 2. The van der Waals surface area contributed by atoms with E-state index in [4.69, 9.17) is 4.74 Å². The van der Waals surface area contributed by atoms with Crippen LogP contribution in [0.25, 0.3) is 5.57 Å². The summed E-state index contributed by atoms with van der Waals surface area (Å²) in [4.78, 5) is 30.1. The van der Waals surface area contributed by atoms with Crippen molar-refractivity contribution in [3.05, 3.63) is 65.9 Å². The number of likely N-dealkylation sites (N-methyl/N-ethyl adjacent to an activating group) is 1. The molecule has 0 saturated heterocycles. The molecule has 0 atom stereocenters. The van der Waals surface area contributed by atoms with Gasteiger partial charge in [0.25, 0.3) is 11.8 Å². The van der Waals surface area contributed by atoms with Gasteiger partial charge in [-0.1, -0.05) is 56.2 Å². The Balaban J connectivity index is 2.14. The molecule has 1 aliphatic rings. The van der Waals surface area contributed by atoms with Crippen molar-refractivity contribution in [3.8, 4) is 5.75 Å². The van der Waals surface area contributed by atoms with Crippen LogP contribution in [-0.2, 0) is 9.59 Å². The van der Waals surface area contributed by atoms with E-state index in [9.17, 15) is 9.59 Å². The van der Waals surface area contributed by atoms with Crippen LogP contribution in [0.2, 0.25) is 0 Å². The van der Waals surface area contributed by atoms with E-state index < -0.39 is 0 Å². The second-order valence-electron chi connectivity index (χ2n) is 6.97.